The number of piperidine rings is 1. The first-order valence-corrected chi connectivity index (χ1v) is 11.4. The van der Waals surface area contributed by atoms with E-state index in [0.29, 0.717) is 32.5 Å². The summed E-state index contributed by atoms with van der Waals surface area (Å²) >= 11 is 0. The molecule has 0 bridgehead atoms. The number of benzene rings is 2. The van der Waals surface area contributed by atoms with E-state index in [1.807, 2.05) is 90.2 Å². The Morgan fingerprint density at radius 1 is 1.00 bits per heavy atom. The van der Waals surface area contributed by atoms with Crippen molar-refractivity contribution in [2.45, 2.75) is 33.2 Å². The summed E-state index contributed by atoms with van der Waals surface area (Å²) in [6.07, 6.45) is 4.81. The van der Waals surface area contributed by atoms with E-state index in [0.717, 1.165) is 28.2 Å². The number of carbonyl (C=O) groups is 2. The lowest BCUT2D eigenvalue weighted by Crippen LogP contribution is -2.42. The lowest BCUT2D eigenvalue weighted by atomic mass is 9.95. The van der Waals surface area contributed by atoms with Crippen LogP contribution in [0.15, 0.2) is 66.7 Å². The van der Waals surface area contributed by atoms with E-state index in [2.05, 4.69) is 10.4 Å². The zero-order valence-electron chi connectivity index (χ0n) is 19.2. The molecule has 1 fully saturated rings. The standard InChI is InChI=1S/C27H30N4O2/c1-20-25(21(2)31(29-20)24-11-7-4-8-12-24)19-28-27(33)23-15-17-30(18-16-23)26(32)14-13-22-9-5-3-6-10-22/h3-14,23H,15-19H2,1-2H3,(H,28,33)/b14-13+. The van der Waals surface area contributed by atoms with E-state index in [-0.39, 0.29) is 17.7 Å². The van der Waals surface area contributed by atoms with Gasteiger partial charge in [0.2, 0.25) is 11.8 Å². The lowest BCUT2D eigenvalue weighted by Gasteiger charge is -2.30. The lowest BCUT2D eigenvalue weighted by molar-refractivity contribution is -0.132. The van der Waals surface area contributed by atoms with E-state index in [1.165, 1.54) is 0 Å². The molecule has 1 saturated heterocycles. The van der Waals surface area contributed by atoms with Gasteiger partial charge in [-0.2, -0.15) is 5.10 Å². The van der Waals surface area contributed by atoms with E-state index in [1.54, 1.807) is 6.08 Å². The van der Waals surface area contributed by atoms with Gasteiger partial charge >= 0.3 is 0 Å². The van der Waals surface area contributed by atoms with Crippen molar-refractivity contribution in [1.29, 1.82) is 0 Å². The molecule has 4 rings (SSSR count). The van der Waals surface area contributed by atoms with E-state index in [9.17, 15) is 9.59 Å². The number of hydrogen-bond donors (Lipinski definition) is 1. The molecule has 2 heterocycles. The number of amides is 2. The molecule has 6 nitrogen and oxygen atoms in total. The van der Waals surface area contributed by atoms with Crippen LogP contribution in [0.25, 0.3) is 11.8 Å². The summed E-state index contributed by atoms with van der Waals surface area (Å²) in [4.78, 5) is 27.1. The normalized spacial score (nSPS) is 14.5. The minimum atomic E-state index is -0.0723. The van der Waals surface area contributed by atoms with Gasteiger partial charge in [0.25, 0.3) is 0 Å². The van der Waals surface area contributed by atoms with Gasteiger partial charge in [0.1, 0.15) is 0 Å². The number of aryl methyl sites for hydroxylation is 1. The van der Waals surface area contributed by atoms with Gasteiger partial charge in [0, 0.05) is 42.9 Å². The topological polar surface area (TPSA) is 67.2 Å². The number of nitrogens with one attached hydrogen (secondary N) is 1. The Hall–Kier alpha value is -3.67. The molecule has 0 spiro atoms. The molecule has 0 unspecified atom stereocenters. The second-order valence-electron chi connectivity index (χ2n) is 8.46. The molecular formula is C27H30N4O2. The van der Waals surface area contributed by atoms with Crippen molar-refractivity contribution in [3.63, 3.8) is 0 Å². The summed E-state index contributed by atoms with van der Waals surface area (Å²) in [5.41, 5.74) is 5.01. The Labute approximate surface area is 194 Å². The van der Waals surface area contributed by atoms with Gasteiger partial charge in [-0.25, -0.2) is 4.68 Å². The van der Waals surface area contributed by atoms with Gasteiger partial charge in [-0.3, -0.25) is 9.59 Å². The van der Waals surface area contributed by atoms with Crippen LogP contribution >= 0.6 is 0 Å². The van der Waals surface area contributed by atoms with Crippen molar-refractivity contribution in [3.05, 3.63) is 89.3 Å². The van der Waals surface area contributed by atoms with Gasteiger partial charge < -0.3 is 10.2 Å². The Morgan fingerprint density at radius 2 is 1.64 bits per heavy atom. The third-order valence-corrected chi connectivity index (χ3v) is 6.28. The highest BCUT2D eigenvalue weighted by molar-refractivity contribution is 5.92. The van der Waals surface area contributed by atoms with Crippen molar-refractivity contribution in [2.75, 3.05) is 13.1 Å². The fourth-order valence-electron chi connectivity index (χ4n) is 4.27. The summed E-state index contributed by atoms with van der Waals surface area (Å²) in [5.74, 6) is -0.0255. The maximum Gasteiger partial charge on any atom is 0.246 e. The highest BCUT2D eigenvalue weighted by Gasteiger charge is 2.26. The molecule has 2 aromatic carbocycles. The fraction of sp³-hybridized carbons (Fsp3) is 0.296. The average molecular weight is 443 g/mol. The largest absolute Gasteiger partial charge is 0.352 e. The summed E-state index contributed by atoms with van der Waals surface area (Å²) in [6, 6.07) is 19.8. The highest BCUT2D eigenvalue weighted by atomic mass is 16.2. The SMILES string of the molecule is Cc1nn(-c2ccccc2)c(C)c1CNC(=O)C1CCN(C(=O)/C=C/c2ccccc2)CC1. The van der Waals surface area contributed by atoms with Crippen molar-refractivity contribution in [2.24, 2.45) is 5.92 Å². The van der Waals surface area contributed by atoms with Crippen LogP contribution in [-0.4, -0.2) is 39.6 Å². The van der Waals surface area contributed by atoms with Crippen LogP contribution in [0, 0.1) is 19.8 Å². The van der Waals surface area contributed by atoms with Crippen molar-refractivity contribution in [1.82, 2.24) is 20.0 Å². The molecule has 170 valence electrons. The third-order valence-electron chi connectivity index (χ3n) is 6.28. The van der Waals surface area contributed by atoms with Crippen LogP contribution in [0.1, 0.15) is 35.4 Å². The van der Waals surface area contributed by atoms with Crippen molar-refractivity contribution >= 4 is 17.9 Å². The second-order valence-corrected chi connectivity index (χ2v) is 8.46. The first-order chi connectivity index (χ1) is 16.0. The molecule has 0 aliphatic carbocycles. The number of hydrogen-bond acceptors (Lipinski definition) is 3. The number of para-hydroxylation sites is 1. The summed E-state index contributed by atoms with van der Waals surface area (Å²) in [5, 5.41) is 7.75. The number of aromatic nitrogens is 2. The van der Waals surface area contributed by atoms with Crippen LogP contribution in [0.5, 0.6) is 0 Å². The first-order valence-electron chi connectivity index (χ1n) is 11.4. The minimum Gasteiger partial charge on any atom is -0.352 e. The minimum absolute atomic E-state index is 0.00251. The predicted molar refractivity (Wildman–Crippen MR) is 130 cm³/mol. The average Bonchev–Trinajstić information content (AvgIpc) is 3.15. The predicted octanol–water partition coefficient (Wildman–Crippen LogP) is 4.06. The van der Waals surface area contributed by atoms with E-state index < -0.39 is 0 Å². The molecule has 0 saturated carbocycles. The van der Waals surface area contributed by atoms with Crippen molar-refractivity contribution in [3.8, 4) is 5.69 Å². The summed E-state index contributed by atoms with van der Waals surface area (Å²) in [7, 11) is 0. The maximum atomic E-state index is 12.8. The number of carbonyl (C=O) groups excluding carboxylic acids is 2. The Morgan fingerprint density at radius 3 is 2.30 bits per heavy atom. The van der Waals surface area contributed by atoms with Crippen LogP contribution in [0.4, 0.5) is 0 Å². The van der Waals surface area contributed by atoms with Crippen molar-refractivity contribution < 1.29 is 9.59 Å². The smallest absolute Gasteiger partial charge is 0.246 e. The van der Waals surface area contributed by atoms with Gasteiger partial charge in [0.15, 0.2) is 0 Å². The maximum absolute atomic E-state index is 12.8. The molecule has 1 aliphatic heterocycles. The summed E-state index contributed by atoms with van der Waals surface area (Å²) < 4.78 is 1.92. The molecular weight excluding hydrogens is 412 g/mol. The van der Waals surface area contributed by atoms with Crippen LogP contribution in [0.2, 0.25) is 0 Å². The first kappa shape index (κ1) is 22.5. The fourth-order valence-corrected chi connectivity index (χ4v) is 4.27. The van der Waals surface area contributed by atoms with Gasteiger partial charge in [0.05, 0.1) is 11.4 Å². The molecule has 1 N–H and O–H groups in total. The van der Waals surface area contributed by atoms with Gasteiger partial charge in [-0.15, -0.1) is 0 Å². The monoisotopic (exact) mass is 442 g/mol. The van der Waals surface area contributed by atoms with Gasteiger partial charge in [-0.05, 0) is 50.5 Å². The molecule has 0 radical (unpaired) electrons. The zero-order valence-corrected chi connectivity index (χ0v) is 19.2. The highest BCUT2D eigenvalue weighted by Crippen LogP contribution is 2.20. The number of rotatable bonds is 6. The van der Waals surface area contributed by atoms with E-state index >= 15 is 0 Å². The second kappa shape index (κ2) is 10.3. The number of nitrogens with zero attached hydrogens (tertiary/aromatic N) is 3. The number of likely N-dealkylation sites (tertiary alicyclic amines) is 1. The molecule has 33 heavy (non-hydrogen) atoms. The molecule has 1 aromatic heterocycles. The van der Waals surface area contributed by atoms with Crippen LogP contribution in [-0.2, 0) is 16.1 Å². The van der Waals surface area contributed by atoms with E-state index in [4.69, 9.17) is 0 Å². The molecule has 0 atom stereocenters. The molecule has 3 aromatic rings. The molecule has 6 heteroatoms. The van der Waals surface area contributed by atoms with Crippen LogP contribution < -0.4 is 5.32 Å². The molecule has 2 amide bonds. The quantitative estimate of drug-likeness (QED) is 0.586. The molecule has 1 aliphatic rings. The van der Waals surface area contributed by atoms with Crippen LogP contribution in [0.3, 0.4) is 0 Å². The Kier molecular flexibility index (Phi) is 7.03. The van der Waals surface area contributed by atoms with Gasteiger partial charge in [-0.1, -0.05) is 48.5 Å². The third kappa shape index (κ3) is 5.40. The zero-order chi connectivity index (χ0) is 23.2. The Balaban J connectivity index is 1.29. The summed E-state index contributed by atoms with van der Waals surface area (Å²) in [6.45, 7) is 5.66. The Bertz CT molecular complexity index is 1130.